The molecule has 0 saturated heterocycles. The summed E-state index contributed by atoms with van der Waals surface area (Å²) >= 11 is 5.90. The molecule has 0 atom stereocenters. The van der Waals surface area contributed by atoms with Gasteiger partial charge in [0.1, 0.15) is 0 Å². The molecular weight excluding hydrogens is 248 g/mol. The van der Waals surface area contributed by atoms with E-state index >= 15 is 0 Å². The molecule has 2 N–H and O–H groups in total. The number of rotatable bonds is 2. The topological polar surface area (TPSA) is 37.2 Å². The molecular formula is C14H13ClN2O. The van der Waals surface area contributed by atoms with Crippen LogP contribution in [0.1, 0.15) is 16.8 Å². The van der Waals surface area contributed by atoms with E-state index in [9.17, 15) is 5.11 Å². The summed E-state index contributed by atoms with van der Waals surface area (Å²) < 4.78 is 2.09. The number of halogens is 1. The molecule has 2 heterocycles. The van der Waals surface area contributed by atoms with Crippen molar-refractivity contribution in [2.24, 2.45) is 0 Å². The smallest absolute Gasteiger partial charge is 0.0702 e. The summed E-state index contributed by atoms with van der Waals surface area (Å²) in [4.78, 5) is 0. The maximum Gasteiger partial charge on any atom is 0.0702 e. The highest BCUT2D eigenvalue weighted by Crippen LogP contribution is 2.26. The van der Waals surface area contributed by atoms with Gasteiger partial charge in [0, 0.05) is 33.7 Å². The zero-order chi connectivity index (χ0) is 12.5. The molecule has 0 fully saturated rings. The highest BCUT2D eigenvalue weighted by Gasteiger charge is 2.16. The van der Waals surface area contributed by atoms with Gasteiger partial charge in [-0.1, -0.05) is 11.6 Å². The van der Waals surface area contributed by atoms with Crippen LogP contribution in [0.25, 0.3) is 11.8 Å². The van der Waals surface area contributed by atoms with Crippen molar-refractivity contribution in [3.63, 3.8) is 0 Å². The van der Waals surface area contributed by atoms with E-state index in [1.54, 1.807) is 0 Å². The molecule has 18 heavy (non-hydrogen) atoms. The predicted octanol–water partition coefficient (Wildman–Crippen LogP) is 2.70. The summed E-state index contributed by atoms with van der Waals surface area (Å²) in [5, 5.41) is 13.3. The van der Waals surface area contributed by atoms with Gasteiger partial charge in [-0.2, -0.15) is 0 Å². The molecule has 1 aromatic carbocycles. The molecule has 1 aliphatic heterocycles. The van der Waals surface area contributed by atoms with Crippen LogP contribution in [0.4, 0.5) is 0 Å². The predicted molar refractivity (Wildman–Crippen MR) is 72.6 cm³/mol. The highest BCUT2D eigenvalue weighted by atomic mass is 35.5. The van der Waals surface area contributed by atoms with Crippen molar-refractivity contribution in [2.75, 3.05) is 0 Å². The Kier molecular flexibility index (Phi) is 2.86. The molecule has 3 nitrogen and oxygen atoms in total. The average Bonchev–Trinajstić information content (AvgIpc) is 2.79. The lowest BCUT2D eigenvalue weighted by Crippen LogP contribution is -2.13. The van der Waals surface area contributed by atoms with E-state index in [0.29, 0.717) is 0 Å². The largest absolute Gasteiger partial charge is 0.392 e. The number of aliphatic hydroxyl groups is 1. The van der Waals surface area contributed by atoms with E-state index in [1.807, 2.05) is 42.7 Å². The van der Waals surface area contributed by atoms with E-state index in [0.717, 1.165) is 34.1 Å². The molecule has 0 saturated carbocycles. The molecule has 3 rings (SSSR count). The van der Waals surface area contributed by atoms with E-state index in [-0.39, 0.29) is 6.61 Å². The van der Waals surface area contributed by atoms with Crippen molar-refractivity contribution in [1.29, 1.82) is 0 Å². The van der Waals surface area contributed by atoms with Gasteiger partial charge >= 0.3 is 0 Å². The monoisotopic (exact) mass is 260 g/mol. The molecule has 0 aliphatic carbocycles. The molecule has 0 bridgehead atoms. The Morgan fingerprint density at radius 3 is 2.78 bits per heavy atom. The quantitative estimate of drug-likeness (QED) is 0.871. The van der Waals surface area contributed by atoms with Crippen LogP contribution in [0, 0.1) is 0 Å². The van der Waals surface area contributed by atoms with Gasteiger partial charge in [-0.05, 0) is 36.5 Å². The van der Waals surface area contributed by atoms with Crippen LogP contribution in [0.2, 0.25) is 5.02 Å². The Morgan fingerprint density at radius 2 is 2.06 bits per heavy atom. The van der Waals surface area contributed by atoms with E-state index in [1.165, 1.54) is 0 Å². The minimum Gasteiger partial charge on any atom is -0.392 e. The first-order valence-corrected chi connectivity index (χ1v) is 6.17. The van der Waals surface area contributed by atoms with Gasteiger partial charge in [0.2, 0.25) is 0 Å². The molecule has 1 aromatic heterocycles. The Hall–Kier alpha value is -1.71. The number of aliphatic hydroxyl groups excluding tert-OH is 1. The second-order valence-corrected chi connectivity index (χ2v) is 4.67. The fourth-order valence-electron chi connectivity index (χ4n) is 2.26. The van der Waals surface area contributed by atoms with E-state index in [4.69, 9.17) is 11.6 Å². The Morgan fingerprint density at radius 1 is 1.28 bits per heavy atom. The van der Waals surface area contributed by atoms with Crippen molar-refractivity contribution in [2.45, 2.75) is 13.2 Å². The second kappa shape index (κ2) is 4.52. The summed E-state index contributed by atoms with van der Waals surface area (Å²) in [6, 6.07) is 7.69. The summed E-state index contributed by atoms with van der Waals surface area (Å²) in [6.45, 7) is 0.807. The van der Waals surface area contributed by atoms with Gasteiger partial charge in [-0.15, -0.1) is 0 Å². The SMILES string of the molecule is OCc1cn(-c2ccc(Cl)cc2)c2c1C=CNC2. The Balaban J connectivity index is 2.15. The first-order valence-electron chi connectivity index (χ1n) is 5.79. The molecule has 0 amide bonds. The second-order valence-electron chi connectivity index (χ2n) is 4.23. The summed E-state index contributed by atoms with van der Waals surface area (Å²) in [5.74, 6) is 0. The summed E-state index contributed by atoms with van der Waals surface area (Å²) in [7, 11) is 0. The van der Waals surface area contributed by atoms with Crippen molar-refractivity contribution < 1.29 is 5.11 Å². The van der Waals surface area contributed by atoms with Gasteiger partial charge in [-0.25, -0.2) is 0 Å². The van der Waals surface area contributed by atoms with Crippen LogP contribution >= 0.6 is 11.6 Å². The minimum atomic E-state index is 0.0489. The van der Waals surface area contributed by atoms with E-state index in [2.05, 4.69) is 9.88 Å². The molecule has 0 spiro atoms. The fourth-order valence-corrected chi connectivity index (χ4v) is 2.38. The minimum absolute atomic E-state index is 0.0489. The normalized spacial score (nSPS) is 13.2. The van der Waals surface area contributed by atoms with Crippen molar-refractivity contribution in [3.8, 4) is 5.69 Å². The van der Waals surface area contributed by atoms with Crippen LogP contribution in [0.3, 0.4) is 0 Å². The van der Waals surface area contributed by atoms with Gasteiger partial charge in [0.15, 0.2) is 0 Å². The van der Waals surface area contributed by atoms with Crippen LogP contribution < -0.4 is 5.32 Å². The number of fused-ring (bicyclic) bond motifs is 1. The third-order valence-corrected chi connectivity index (χ3v) is 3.40. The number of nitrogens with zero attached hydrogens (tertiary/aromatic N) is 1. The standard InChI is InChI=1S/C14H13ClN2O/c15-11-1-3-12(4-2-11)17-8-10(9-18)13-5-6-16-7-14(13)17/h1-6,8,16,18H,7,9H2. The zero-order valence-corrected chi connectivity index (χ0v) is 10.5. The number of benzene rings is 1. The van der Waals surface area contributed by atoms with Gasteiger partial charge < -0.3 is 15.0 Å². The summed E-state index contributed by atoms with van der Waals surface area (Å²) in [5.41, 5.74) is 4.25. The Bertz CT molecular complexity index is 599. The van der Waals surface area contributed by atoms with Gasteiger partial charge in [-0.3, -0.25) is 0 Å². The van der Waals surface area contributed by atoms with Crippen molar-refractivity contribution in [1.82, 2.24) is 9.88 Å². The van der Waals surface area contributed by atoms with Crippen LogP contribution in [-0.2, 0) is 13.2 Å². The average molecular weight is 261 g/mol. The lowest BCUT2D eigenvalue weighted by molar-refractivity contribution is 0.281. The van der Waals surface area contributed by atoms with Gasteiger partial charge in [0.25, 0.3) is 0 Å². The molecule has 2 aromatic rings. The Labute approximate surface area is 110 Å². The maximum atomic E-state index is 9.41. The molecule has 92 valence electrons. The van der Waals surface area contributed by atoms with Gasteiger partial charge in [0.05, 0.1) is 13.2 Å². The van der Waals surface area contributed by atoms with Crippen LogP contribution in [0.5, 0.6) is 0 Å². The fraction of sp³-hybridized carbons (Fsp3) is 0.143. The van der Waals surface area contributed by atoms with Crippen LogP contribution in [0.15, 0.2) is 36.7 Å². The molecule has 0 radical (unpaired) electrons. The first kappa shape index (κ1) is 11.4. The van der Waals surface area contributed by atoms with Crippen LogP contribution in [-0.4, -0.2) is 9.67 Å². The number of nitrogens with one attached hydrogen (secondary N) is 1. The lowest BCUT2D eigenvalue weighted by atomic mass is 10.1. The number of hydrogen-bond donors (Lipinski definition) is 2. The summed E-state index contributed by atoms with van der Waals surface area (Å²) in [6.07, 6.45) is 5.88. The molecule has 1 aliphatic rings. The third kappa shape index (κ3) is 1.82. The van der Waals surface area contributed by atoms with Crippen molar-refractivity contribution >= 4 is 17.7 Å². The zero-order valence-electron chi connectivity index (χ0n) is 9.73. The molecule has 0 unspecified atom stereocenters. The molecule has 4 heteroatoms. The number of hydrogen-bond acceptors (Lipinski definition) is 2. The highest BCUT2D eigenvalue weighted by molar-refractivity contribution is 6.30. The lowest BCUT2D eigenvalue weighted by Gasteiger charge is -2.13. The first-order chi connectivity index (χ1) is 8.79. The number of aromatic nitrogens is 1. The third-order valence-electron chi connectivity index (χ3n) is 3.15. The van der Waals surface area contributed by atoms with E-state index < -0.39 is 0 Å². The maximum absolute atomic E-state index is 9.41. The van der Waals surface area contributed by atoms with Crippen molar-refractivity contribution in [3.05, 3.63) is 58.5 Å².